The minimum atomic E-state index is -4.70. The molecule has 7 heterocycles. The van der Waals surface area contributed by atoms with Gasteiger partial charge in [0.1, 0.15) is 24.0 Å². The lowest BCUT2D eigenvalue weighted by atomic mass is 9.59. The van der Waals surface area contributed by atoms with E-state index in [1.54, 1.807) is 6.07 Å². The molecule has 18 heteroatoms. The van der Waals surface area contributed by atoms with E-state index in [9.17, 15) is 28.4 Å². The Labute approximate surface area is 426 Å². The number of likely N-dealkylation sites (tertiary alicyclic amines) is 1. The number of nitrogens with one attached hydrogen (secondary N) is 3. The number of aliphatic hydroxyl groups is 1. The number of amides is 1. The molecular weight excluding hydrogens is 949 g/mol. The Bertz CT molecular complexity index is 3060. The highest BCUT2D eigenvalue weighted by Gasteiger charge is 2.50. The number of nitro benzene ring substituents is 1. The van der Waals surface area contributed by atoms with E-state index in [0.717, 1.165) is 49.6 Å². The summed E-state index contributed by atoms with van der Waals surface area (Å²) in [7, 11) is -4.70. The van der Waals surface area contributed by atoms with Crippen molar-refractivity contribution in [3.63, 3.8) is 0 Å². The number of benzene rings is 3. The molecule has 0 radical (unpaired) electrons. The van der Waals surface area contributed by atoms with Gasteiger partial charge < -0.3 is 39.4 Å². The Hall–Kier alpha value is -5.95. The Kier molecular flexibility index (Phi) is 12.1. The molecule has 4 N–H and O–H groups in total. The highest BCUT2D eigenvalue weighted by molar-refractivity contribution is 7.90. The van der Waals surface area contributed by atoms with Crippen LogP contribution in [0.4, 0.5) is 28.4 Å². The van der Waals surface area contributed by atoms with Crippen LogP contribution >= 0.6 is 0 Å². The molecule has 0 bridgehead atoms. The predicted molar refractivity (Wildman–Crippen MR) is 278 cm³/mol. The van der Waals surface area contributed by atoms with Gasteiger partial charge in [-0.15, -0.1) is 0 Å². The number of ether oxygens (including phenoxy) is 3. The fraction of sp³-hybridized carbons (Fsp3) is 0.527. The van der Waals surface area contributed by atoms with E-state index >= 15 is 0 Å². The van der Waals surface area contributed by atoms with Crippen molar-refractivity contribution in [2.24, 2.45) is 17.3 Å². The quantitative estimate of drug-likeness (QED) is 0.0762. The van der Waals surface area contributed by atoms with Crippen LogP contribution in [0.1, 0.15) is 118 Å². The van der Waals surface area contributed by atoms with Gasteiger partial charge in [0.05, 0.1) is 45.9 Å². The van der Waals surface area contributed by atoms with E-state index in [-0.39, 0.29) is 53.0 Å². The maximum absolute atomic E-state index is 14.8. The standard InChI is InChI=1S/C55H66N8O9S/c1-33(2)40-7-4-5-8-41(40)44-9-6-20-61(44)38-27-55(28-38)17-21-60(22-18-55)37-10-11-42(45(24-37)62-29-36-30-70-32-49(36)72-53-47(62)23-35-14-19-56-51(35)58-53)52(64)59-73(68,69)39-25-46(63(66)67)50-48(26-39)71-31-43(57-50)34-12-15-54(3,65)16-13-34/h4-5,7-8,10-11,14,19,23-26,33-34,36,38,43-44,49,57,65H,6,9,12-13,15-18,20-22,27-32H2,1-3H3,(H,56,58)(H,59,64)/t34?,36-,43+,44-,49+,54?/m0/s1. The second kappa shape index (κ2) is 18.5. The average molecular weight is 1020 g/mol. The third-order valence-electron chi connectivity index (χ3n) is 17.6. The summed E-state index contributed by atoms with van der Waals surface area (Å²) < 4.78 is 49.6. The molecule has 5 fully saturated rings. The van der Waals surface area contributed by atoms with Crippen LogP contribution < -0.4 is 29.3 Å². The van der Waals surface area contributed by atoms with Crippen molar-refractivity contribution in [2.75, 3.05) is 61.1 Å². The van der Waals surface area contributed by atoms with Crippen LogP contribution in [-0.4, -0.2) is 109 Å². The van der Waals surface area contributed by atoms with E-state index in [1.807, 2.05) is 42.3 Å². The van der Waals surface area contributed by atoms with Gasteiger partial charge >= 0.3 is 0 Å². The van der Waals surface area contributed by atoms with E-state index < -0.39 is 37.0 Å². The van der Waals surface area contributed by atoms with Crippen molar-refractivity contribution in [1.29, 1.82) is 0 Å². The second-order valence-electron chi connectivity index (χ2n) is 22.6. The zero-order valence-corrected chi connectivity index (χ0v) is 42.7. The predicted octanol–water partition coefficient (Wildman–Crippen LogP) is 8.96. The number of hydrogen-bond donors (Lipinski definition) is 4. The van der Waals surface area contributed by atoms with Crippen molar-refractivity contribution < 1.29 is 37.5 Å². The zero-order chi connectivity index (χ0) is 50.4. The smallest absolute Gasteiger partial charge is 0.297 e. The number of carbonyl (C=O) groups excluding carboxylic acids is 1. The number of fused-ring (bicyclic) bond motifs is 4. The Balaban J connectivity index is 0.826. The molecule has 5 aliphatic heterocycles. The van der Waals surface area contributed by atoms with Crippen molar-refractivity contribution >= 4 is 55.4 Å². The van der Waals surface area contributed by atoms with E-state index in [2.05, 4.69) is 62.9 Å². The van der Waals surface area contributed by atoms with Crippen LogP contribution in [0.3, 0.4) is 0 Å². The summed E-state index contributed by atoms with van der Waals surface area (Å²) in [4.78, 5) is 41.5. The fourth-order valence-corrected chi connectivity index (χ4v) is 14.4. The van der Waals surface area contributed by atoms with Gasteiger partial charge in [-0.1, -0.05) is 38.1 Å². The van der Waals surface area contributed by atoms with Gasteiger partial charge in [0.15, 0.2) is 11.4 Å². The number of hydrogen-bond acceptors (Lipinski definition) is 14. The second-order valence-corrected chi connectivity index (χ2v) is 24.3. The van der Waals surface area contributed by atoms with Gasteiger partial charge in [0, 0.05) is 67.0 Å². The first-order valence-electron chi connectivity index (χ1n) is 26.4. The van der Waals surface area contributed by atoms with Gasteiger partial charge in [-0.2, -0.15) is 4.98 Å². The molecule has 17 nitrogen and oxygen atoms in total. The summed E-state index contributed by atoms with van der Waals surface area (Å²) in [5, 5.41) is 27.2. The van der Waals surface area contributed by atoms with E-state index in [4.69, 9.17) is 19.2 Å². The van der Waals surface area contributed by atoms with Crippen molar-refractivity contribution in [3.8, 4) is 11.6 Å². The molecule has 2 aliphatic carbocycles. The minimum absolute atomic E-state index is 0.0117. The third-order valence-corrected chi connectivity index (χ3v) is 18.9. The van der Waals surface area contributed by atoms with Crippen LogP contribution in [0.25, 0.3) is 11.0 Å². The number of nitrogens with zero attached hydrogens (tertiary/aromatic N) is 5. The van der Waals surface area contributed by atoms with Crippen molar-refractivity contribution in [3.05, 3.63) is 99.7 Å². The number of carbonyl (C=O) groups is 1. The summed E-state index contributed by atoms with van der Waals surface area (Å²) in [5.41, 5.74) is 4.86. The molecule has 7 aliphatic rings. The number of aromatic nitrogens is 2. The number of sulfonamides is 1. The first kappa shape index (κ1) is 48.0. The maximum Gasteiger partial charge on any atom is 0.297 e. The summed E-state index contributed by atoms with van der Waals surface area (Å²) in [6.45, 7) is 10.6. The van der Waals surface area contributed by atoms with Crippen LogP contribution in [0.2, 0.25) is 0 Å². The molecule has 3 aromatic carbocycles. The van der Waals surface area contributed by atoms with Crippen LogP contribution in [0.15, 0.2) is 77.8 Å². The molecule has 2 aromatic heterocycles. The van der Waals surface area contributed by atoms with E-state index in [0.29, 0.717) is 86.3 Å². The molecule has 1 amide bonds. The highest BCUT2D eigenvalue weighted by Crippen LogP contribution is 2.55. The maximum atomic E-state index is 14.8. The van der Waals surface area contributed by atoms with Gasteiger partial charge in [0.2, 0.25) is 5.88 Å². The summed E-state index contributed by atoms with van der Waals surface area (Å²) >= 11 is 0. The number of rotatable bonds is 10. The lowest BCUT2D eigenvalue weighted by Crippen LogP contribution is -2.55. The normalized spacial score (nSPS) is 27.1. The molecule has 4 atom stereocenters. The zero-order valence-electron chi connectivity index (χ0n) is 41.8. The lowest BCUT2D eigenvalue weighted by Gasteiger charge is -2.56. The monoisotopic (exact) mass is 1010 g/mol. The lowest BCUT2D eigenvalue weighted by molar-refractivity contribution is -0.384. The molecule has 0 unspecified atom stereocenters. The van der Waals surface area contributed by atoms with Crippen LogP contribution in [0, 0.1) is 27.4 Å². The van der Waals surface area contributed by atoms with Gasteiger partial charge in [-0.25, -0.2) is 13.1 Å². The third kappa shape index (κ3) is 8.94. The van der Waals surface area contributed by atoms with Crippen molar-refractivity contribution in [1.82, 2.24) is 19.6 Å². The molecule has 5 aromatic rings. The summed E-state index contributed by atoms with van der Waals surface area (Å²) in [6, 6.07) is 21.5. The number of H-pyrrole nitrogens is 1. The number of piperidine rings is 1. The molecule has 73 heavy (non-hydrogen) atoms. The topological polar surface area (TPSA) is 205 Å². The highest BCUT2D eigenvalue weighted by atomic mass is 32.2. The number of nitro groups is 1. The largest absolute Gasteiger partial charge is 0.489 e. The number of aromatic amines is 1. The fourth-order valence-electron chi connectivity index (χ4n) is 13.4. The average Bonchev–Trinajstić information content (AvgIpc) is 4.14. The first-order valence-corrected chi connectivity index (χ1v) is 27.8. The number of anilines is 4. The summed E-state index contributed by atoms with van der Waals surface area (Å²) in [6.07, 6.45) is 11.1. The molecule has 1 spiro atoms. The molecule has 2 saturated carbocycles. The Morgan fingerprint density at radius 2 is 1.74 bits per heavy atom. The summed E-state index contributed by atoms with van der Waals surface area (Å²) in [5.74, 6) is -0.0223. The number of pyridine rings is 1. The van der Waals surface area contributed by atoms with Crippen LogP contribution in [0.5, 0.6) is 11.6 Å². The minimum Gasteiger partial charge on any atom is -0.489 e. The molecule has 3 saturated heterocycles. The van der Waals surface area contributed by atoms with Gasteiger partial charge in [-0.05, 0) is 136 Å². The molecular formula is C55H66N8O9S. The first-order chi connectivity index (χ1) is 35.1. The molecule has 12 rings (SSSR count). The molecule has 386 valence electrons. The Morgan fingerprint density at radius 3 is 2.52 bits per heavy atom. The van der Waals surface area contributed by atoms with Gasteiger partial charge in [-0.3, -0.25) is 19.8 Å². The van der Waals surface area contributed by atoms with Crippen LogP contribution in [-0.2, 0) is 14.8 Å². The van der Waals surface area contributed by atoms with Gasteiger partial charge in [0.25, 0.3) is 21.6 Å². The van der Waals surface area contributed by atoms with Crippen molar-refractivity contribution in [2.45, 2.75) is 126 Å². The Morgan fingerprint density at radius 1 is 0.945 bits per heavy atom. The van der Waals surface area contributed by atoms with E-state index in [1.165, 1.54) is 42.9 Å². The SMILES string of the molecule is CC(C)c1ccccc1[C@@H]1CCCN1C1CC2(CCN(c3ccc(C(=O)NS(=O)(=O)c4cc5c(c([N+](=O)[O-])c4)N[C@@H](C4CCC(C)(O)CC4)CO5)c(N4C[C@H]5COC[C@H]5Oc5nc6[nH]ccc6cc54)c3)CC2)C1.